The minimum absolute atomic E-state index is 0.0813. The van der Waals surface area contributed by atoms with Crippen molar-refractivity contribution in [3.8, 4) is 0 Å². The summed E-state index contributed by atoms with van der Waals surface area (Å²) in [6.45, 7) is 7.62. The molecule has 0 aromatic carbocycles. The molecule has 1 fully saturated rings. The van der Waals surface area contributed by atoms with Gasteiger partial charge in [0.15, 0.2) is 6.61 Å². The summed E-state index contributed by atoms with van der Waals surface area (Å²) < 4.78 is 10.0. The molecule has 1 saturated carbocycles. The van der Waals surface area contributed by atoms with Crippen molar-refractivity contribution in [2.45, 2.75) is 40.0 Å². The van der Waals surface area contributed by atoms with Crippen molar-refractivity contribution in [3.63, 3.8) is 0 Å². The van der Waals surface area contributed by atoms with Gasteiger partial charge in [-0.3, -0.25) is 9.59 Å². The molecule has 1 aliphatic rings. The highest BCUT2D eigenvalue weighted by molar-refractivity contribution is 7.16. The van der Waals surface area contributed by atoms with Crippen LogP contribution in [0.25, 0.3) is 0 Å². The highest BCUT2D eigenvalue weighted by atomic mass is 32.1. The first-order valence-corrected chi connectivity index (χ1v) is 8.92. The van der Waals surface area contributed by atoms with Gasteiger partial charge in [0.2, 0.25) is 0 Å². The van der Waals surface area contributed by atoms with Crippen LogP contribution >= 0.6 is 11.3 Å². The lowest BCUT2D eigenvalue weighted by Crippen LogP contribution is -2.22. The molecule has 24 heavy (non-hydrogen) atoms. The zero-order valence-electron chi connectivity index (χ0n) is 14.4. The molecule has 7 heteroatoms. The fourth-order valence-corrected chi connectivity index (χ4v) is 3.27. The highest BCUT2D eigenvalue weighted by Gasteiger charge is 2.40. The number of hydrogen-bond donors (Lipinski definition) is 1. The summed E-state index contributed by atoms with van der Waals surface area (Å²) in [6.07, 6.45) is 0.816. The summed E-state index contributed by atoms with van der Waals surface area (Å²) in [6, 6.07) is 1.74. The molecule has 132 valence electrons. The Morgan fingerprint density at radius 3 is 2.54 bits per heavy atom. The fraction of sp³-hybridized carbons (Fsp3) is 0.588. The van der Waals surface area contributed by atoms with Crippen molar-refractivity contribution >= 4 is 34.2 Å². The largest absolute Gasteiger partial charge is 0.462 e. The third-order valence-corrected chi connectivity index (χ3v) is 5.18. The zero-order valence-corrected chi connectivity index (χ0v) is 15.2. The van der Waals surface area contributed by atoms with Crippen molar-refractivity contribution in [1.29, 1.82) is 0 Å². The molecule has 2 atom stereocenters. The van der Waals surface area contributed by atoms with Gasteiger partial charge in [-0.1, -0.05) is 20.8 Å². The third-order valence-electron chi connectivity index (χ3n) is 3.83. The van der Waals surface area contributed by atoms with E-state index in [4.69, 9.17) is 9.47 Å². The summed E-state index contributed by atoms with van der Waals surface area (Å²) in [4.78, 5) is 36.7. The summed E-state index contributed by atoms with van der Waals surface area (Å²) in [5, 5.41) is 3.08. The second-order valence-corrected chi connectivity index (χ2v) is 7.33. The number of thiophene rings is 1. The molecular weight excluding hydrogens is 330 g/mol. The Bertz CT molecular complexity index is 637. The van der Waals surface area contributed by atoms with Crippen LogP contribution in [0.5, 0.6) is 0 Å². The van der Waals surface area contributed by atoms with Gasteiger partial charge in [-0.2, -0.15) is 0 Å². The maximum absolute atomic E-state index is 12.0. The van der Waals surface area contributed by atoms with Crippen molar-refractivity contribution < 1.29 is 23.9 Å². The van der Waals surface area contributed by atoms with Gasteiger partial charge in [-0.25, -0.2) is 4.79 Å². The van der Waals surface area contributed by atoms with Crippen LogP contribution in [0.1, 0.15) is 55.3 Å². The molecule has 0 aliphatic heterocycles. The molecule has 1 aromatic rings. The first kappa shape index (κ1) is 18.4. The summed E-state index contributed by atoms with van der Waals surface area (Å²) in [5.74, 6) is -0.788. The van der Waals surface area contributed by atoms with Crippen LogP contribution in [-0.4, -0.2) is 31.1 Å². The normalized spacial score (nSPS) is 19.0. The third kappa shape index (κ3) is 4.56. The average Bonchev–Trinajstić information content (AvgIpc) is 3.09. The van der Waals surface area contributed by atoms with Crippen molar-refractivity contribution in [1.82, 2.24) is 0 Å². The highest BCUT2D eigenvalue weighted by Crippen LogP contribution is 2.38. The van der Waals surface area contributed by atoms with E-state index in [0.717, 1.165) is 11.3 Å². The van der Waals surface area contributed by atoms with Gasteiger partial charge in [-0.05, 0) is 31.2 Å². The van der Waals surface area contributed by atoms with Crippen molar-refractivity contribution in [3.05, 3.63) is 16.5 Å². The minimum Gasteiger partial charge on any atom is -0.462 e. The number of anilines is 1. The van der Waals surface area contributed by atoms with E-state index >= 15 is 0 Å². The number of carbonyl (C=O) groups is 3. The van der Waals surface area contributed by atoms with Gasteiger partial charge in [0.25, 0.3) is 5.91 Å². The molecule has 1 aliphatic carbocycles. The molecular formula is C17H23NO5S. The molecule has 1 aromatic heterocycles. The molecule has 0 radical (unpaired) electrons. The standard InChI is InChI=1S/C17H23NO5S/c1-5-22-17(21)12-7-13(9(2)3)24-15(12)18-14(19)8-23-16(20)11-6-10(11)4/h7,9-11H,5-6,8H2,1-4H3,(H,18,19)/t10-,11+/m0/s1. The quantitative estimate of drug-likeness (QED) is 0.761. The Morgan fingerprint density at radius 1 is 1.33 bits per heavy atom. The molecule has 0 saturated heterocycles. The smallest absolute Gasteiger partial charge is 0.341 e. The maximum atomic E-state index is 12.0. The molecule has 2 rings (SSSR count). The SMILES string of the molecule is CCOC(=O)c1cc(C(C)C)sc1NC(=O)COC(=O)[C@@H]1C[C@@H]1C. The maximum Gasteiger partial charge on any atom is 0.341 e. The predicted molar refractivity (Wildman–Crippen MR) is 91.2 cm³/mol. The monoisotopic (exact) mass is 353 g/mol. The van der Waals surface area contributed by atoms with Gasteiger partial charge in [0.1, 0.15) is 5.00 Å². The van der Waals surface area contributed by atoms with Crippen LogP contribution in [0.3, 0.4) is 0 Å². The molecule has 0 bridgehead atoms. The van der Waals surface area contributed by atoms with E-state index < -0.39 is 11.9 Å². The lowest BCUT2D eigenvalue weighted by Gasteiger charge is -2.07. The van der Waals surface area contributed by atoms with E-state index in [2.05, 4.69) is 5.32 Å². The van der Waals surface area contributed by atoms with Crippen LogP contribution < -0.4 is 5.32 Å². The van der Waals surface area contributed by atoms with E-state index in [1.54, 1.807) is 13.0 Å². The topological polar surface area (TPSA) is 81.7 Å². The fourth-order valence-electron chi connectivity index (χ4n) is 2.20. The predicted octanol–water partition coefficient (Wildman–Crippen LogP) is 3.19. The first-order valence-electron chi connectivity index (χ1n) is 8.10. The van der Waals surface area contributed by atoms with Crippen LogP contribution in [0.4, 0.5) is 5.00 Å². The molecule has 1 heterocycles. The Hall–Kier alpha value is -1.89. The lowest BCUT2D eigenvalue weighted by molar-refractivity contribution is -0.148. The Kier molecular flexibility index (Phi) is 5.99. The van der Waals surface area contributed by atoms with Gasteiger partial charge in [-0.15, -0.1) is 11.3 Å². The van der Waals surface area contributed by atoms with Crippen LogP contribution in [0.15, 0.2) is 6.07 Å². The van der Waals surface area contributed by atoms with E-state index in [1.165, 1.54) is 11.3 Å². The van der Waals surface area contributed by atoms with Gasteiger partial charge in [0.05, 0.1) is 18.1 Å². The Labute approximate surface area is 145 Å². The van der Waals surface area contributed by atoms with E-state index in [0.29, 0.717) is 16.5 Å². The second-order valence-electron chi connectivity index (χ2n) is 6.24. The molecule has 0 unspecified atom stereocenters. The summed E-state index contributed by atoms with van der Waals surface area (Å²) >= 11 is 1.33. The van der Waals surface area contributed by atoms with Gasteiger partial charge >= 0.3 is 11.9 Å². The number of ether oxygens (including phenoxy) is 2. The average molecular weight is 353 g/mol. The number of carbonyl (C=O) groups excluding carboxylic acids is 3. The van der Waals surface area contributed by atoms with Crippen molar-refractivity contribution in [2.75, 3.05) is 18.5 Å². The van der Waals surface area contributed by atoms with Crippen LogP contribution in [0, 0.1) is 11.8 Å². The van der Waals surface area contributed by atoms with Gasteiger partial charge < -0.3 is 14.8 Å². The number of amides is 1. The first-order chi connectivity index (χ1) is 11.3. The minimum atomic E-state index is -0.472. The molecule has 6 nitrogen and oxygen atoms in total. The lowest BCUT2D eigenvalue weighted by atomic mass is 10.1. The number of nitrogens with one attached hydrogen (secondary N) is 1. The molecule has 1 amide bonds. The molecule has 1 N–H and O–H groups in total. The Balaban J connectivity index is 2.00. The van der Waals surface area contributed by atoms with Crippen LogP contribution in [-0.2, 0) is 19.1 Å². The number of esters is 2. The van der Waals surface area contributed by atoms with E-state index in [9.17, 15) is 14.4 Å². The summed E-state index contributed by atoms with van der Waals surface area (Å²) in [5.41, 5.74) is 0.334. The Morgan fingerprint density at radius 2 is 2.00 bits per heavy atom. The second kappa shape index (κ2) is 7.79. The van der Waals surface area contributed by atoms with Crippen LogP contribution in [0.2, 0.25) is 0 Å². The number of rotatable bonds is 7. The van der Waals surface area contributed by atoms with Gasteiger partial charge in [0, 0.05) is 4.88 Å². The van der Waals surface area contributed by atoms with E-state index in [1.807, 2.05) is 20.8 Å². The zero-order chi connectivity index (χ0) is 17.9. The van der Waals surface area contributed by atoms with Crippen molar-refractivity contribution in [2.24, 2.45) is 11.8 Å². The number of hydrogen-bond acceptors (Lipinski definition) is 6. The summed E-state index contributed by atoms with van der Waals surface area (Å²) in [7, 11) is 0. The van der Waals surface area contributed by atoms with E-state index in [-0.39, 0.29) is 31.0 Å². The molecule has 0 spiro atoms.